The summed E-state index contributed by atoms with van der Waals surface area (Å²) >= 11 is 0. The normalized spacial score (nSPS) is 25.1. The summed E-state index contributed by atoms with van der Waals surface area (Å²) in [6.07, 6.45) is 0.779. The van der Waals surface area contributed by atoms with Gasteiger partial charge in [0, 0.05) is 16.2 Å². The molecule has 52 heavy (non-hydrogen) atoms. The van der Waals surface area contributed by atoms with E-state index in [-0.39, 0.29) is 0 Å². The van der Waals surface area contributed by atoms with Crippen molar-refractivity contribution >= 4 is 17.0 Å². The number of benzene rings is 1. The molecular formula is C46H80FN3O2. The second-order valence-electron chi connectivity index (χ2n) is 24.8. The van der Waals surface area contributed by atoms with E-state index in [1.165, 1.54) is 0 Å². The van der Waals surface area contributed by atoms with Crippen LogP contribution in [0.25, 0.3) is 10.9 Å². The third-order valence-electron chi connectivity index (χ3n) is 13.9. The minimum absolute atomic E-state index is 0.702. The lowest BCUT2D eigenvalue weighted by Gasteiger charge is -2.91. The van der Waals surface area contributed by atoms with E-state index in [1.54, 1.807) is 0 Å². The summed E-state index contributed by atoms with van der Waals surface area (Å²) < 4.78 is 22.4. The molecule has 1 aliphatic rings. The fourth-order valence-corrected chi connectivity index (χ4v) is 15.2. The zero-order valence-electron chi connectivity index (χ0n) is 38.4. The first-order chi connectivity index (χ1) is 22.5. The Morgan fingerprint density at radius 1 is 0.615 bits per heavy atom. The molecule has 0 radical (unpaired) electrons. The van der Waals surface area contributed by atoms with E-state index >= 15 is 9.18 Å². The number of amides is 1. The van der Waals surface area contributed by atoms with Crippen LogP contribution in [0.2, 0.25) is 0 Å². The van der Waals surface area contributed by atoms with E-state index in [4.69, 9.17) is 0 Å². The number of carboxylic acid groups (broad SMARTS) is 1. The number of nitrogens with zero attached hydrogens (tertiary/aromatic N) is 2. The van der Waals surface area contributed by atoms with Crippen LogP contribution in [0.4, 0.5) is 9.18 Å². The molecule has 1 saturated heterocycles. The number of H-pyrrole nitrogens is 1. The van der Waals surface area contributed by atoms with Gasteiger partial charge in [0.15, 0.2) is 5.67 Å². The van der Waals surface area contributed by atoms with Crippen LogP contribution in [0.1, 0.15) is 177 Å². The maximum absolute atomic E-state index is 22.4. The highest BCUT2D eigenvalue weighted by molar-refractivity contribution is 5.81. The van der Waals surface area contributed by atoms with Crippen molar-refractivity contribution in [2.75, 3.05) is 0 Å². The molecule has 0 spiro atoms. The summed E-state index contributed by atoms with van der Waals surface area (Å²) in [5, 5.41) is 21.2. The number of likely N-dealkylation sites (tertiary alicyclic amines) is 1. The number of aryl methyl sites for hydroxylation is 1. The highest BCUT2D eigenvalue weighted by Crippen LogP contribution is 2.89. The first-order valence-electron chi connectivity index (χ1n) is 19.7. The molecule has 0 aliphatic carbocycles. The van der Waals surface area contributed by atoms with Crippen LogP contribution < -0.4 is 0 Å². The number of aromatic nitrogens is 2. The van der Waals surface area contributed by atoms with Crippen molar-refractivity contribution in [1.82, 2.24) is 15.1 Å². The summed E-state index contributed by atoms with van der Waals surface area (Å²) in [5.74, 6) is 0. The van der Waals surface area contributed by atoms with Gasteiger partial charge in [0.25, 0.3) is 0 Å². The molecule has 2 heterocycles. The topological polar surface area (TPSA) is 69.2 Å². The van der Waals surface area contributed by atoms with Gasteiger partial charge >= 0.3 is 6.09 Å². The van der Waals surface area contributed by atoms with Gasteiger partial charge in [-0.3, -0.25) is 10.00 Å². The second kappa shape index (κ2) is 11.5. The number of alkyl halides is 1. The number of aromatic amines is 1. The summed E-state index contributed by atoms with van der Waals surface area (Å²) in [5.41, 5.74) is -11.4. The fourth-order valence-electron chi connectivity index (χ4n) is 15.2. The number of hydrogen-bond donors (Lipinski definition) is 2. The average Bonchev–Trinajstić information content (AvgIpc) is 3.28. The fraction of sp³-hybridized carbons (Fsp3) is 0.826. The van der Waals surface area contributed by atoms with Crippen molar-refractivity contribution < 1.29 is 14.3 Å². The Hall–Kier alpha value is -2.11. The van der Waals surface area contributed by atoms with Crippen LogP contribution >= 0.6 is 0 Å². The first-order valence-corrected chi connectivity index (χ1v) is 19.7. The highest BCUT2D eigenvalue weighted by atomic mass is 19.1. The van der Waals surface area contributed by atoms with Crippen molar-refractivity contribution in [2.24, 2.45) is 48.7 Å². The lowest BCUT2D eigenvalue weighted by molar-refractivity contribution is -0.422. The summed E-state index contributed by atoms with van der Waals surface area (Å²) in [7, 11) is 0. The SMILES string of the molecule is Cc1cc2cn[nH]c2cc1C1(C(C)(C)C)C(F)(C(C)(C)C)C(C(C)(C)C)(C(C)(C)C)N(C(=O)O)C(C(C)(C)C)(C(C)(C)C)C1(C(C)(C)C)C(C)(C)C. The molecule has 6 heteroatoms. The highest BCUT2D eigenvalue weighted by Gasteiger charge is 2.96. The molecule has 1 aromatic carbocycles. The Morgan fingerprint density at radius 3 is 1.29 bits per heavy atom. The largest absolute Gasteiger partial charge is 0.465 e. The van der Waals surface area contributed by atoms with Gasteiger partial charge in [-0.25, -0.2) is 9.18 Å². The van der Waals surface area contributed by atoms with Gasteiger partial charge in [-0.05, 0) is 73.5 Å². The predicted molar refractivity (Wildman–Crippen MR) is 220 cm³/mol. The lowest BCUT2D eigenvalue weighted by atomic mass is 9.18. The molecule has 0 saturated carbocycles. The summed E-state index contributed by atoms with van der Waals surface area (Å²) in [6.45, 7) is 54.7. The number of piperidine rings is 1. The van der Waals surface area contributed by atoms with E-state index in [1.807, 2.05) is 31.9 Å². The molecule has 2 aromatic rings. The Labute approximate surface area is 319 Å². The monoisotopic (exact) mass is 726 g/mol. The number of nitrogens with one attached hydrogen (secondary N) is 1. The zero-order valence-corrected chi connectivity index (χ0v) is 38.4. The van der Waals surface area contributed by atoms with E-state index < -0.39 is 77.0 Å². The number of hydrogen-bond acceptors (Lipinski definition) is 2. The van der Waals surface area contributed by atoms with Crippen LogP contribution in [0.5, 0.6) is 0 Å². The van der Waals surface area contributed by atoms with E-state index in [0.29, 0.717) is 0 Å². The number of carbonyl (C=O) groups is 1. The van der Waals surface area contributed by atoms with Gasteiger partial charge in [-0.2, -0.15) is 5.10 Å². The zero-order chi connectivity index (χ0) is 41.5. The Bertz CT molecular complexity index is 1630. The number of halogens is 1. The van der Waals surface area contributed by atoms with Gasteiger partial charge in [0.2, 0.25) is 0 Å². The van der Waals surface area contributed by atoms with Crippen LogP contribution in [-0.4, -0.2) is 43.0 Å². The van der Waals surface area contributed by atoms with E-state index in [0.717, 1.165) is 22.0 Å². The Balaban J connectivity index is 3.45. The molecule has 1 aromatic heterocycles. The van der Waals surface area contributed by atoms with Crippen molar-refractivity contribution in [1.29, 1.82) is 0 Å². The quantitative estimate of drug-likeness (QED) is 0.307. The second-order valence-corrected chi connectivity index (χ2v) is 24.8. The number of fused-ring (bicyclic) bond motifs is 1. The minimum atomic E-state index is -2.24. The smallest absolute Gasteiger partial charge is 0.408 e. The maximum atomic E-state index is 22.4. The first kappa shape index (κ1) is 44.3. The lowest BCUT2D eigenvalue weighted by Crippen LogP contribution is -3.01. The molecule has 1 amide bonds. The van der Waals surface area contributed by atoms with Gasteiger partial charge < -0.3 is 5.11 Å². The predicted octanol–water partition coefficient (Wildman–Crippen LogP) is 13.6. The summed E-state index contributed by atoms with van der Waals surface area (Å²) in [6, 6.07) is 4.38. The Morgan fingerprint density at radius 2 is 1.00 bits per heavy atom. The maximum Gasteiger partial charge on any atom is 0.408 e. The molecular weight excluding hydrogens is 646 g/mol. The van der Waals surface area contributed by atoms with Crippen LogP contribution in [0, 0.1) is 55.7 Å². The van der Waals surface area contributed by atoms with Gasteiger partial charge in [-0.1, -0.05) is 166 Å². The molecule has 5 nitrogen and oxygen atoms in total. The number of rotatable bonds is 1. The van der Waals surface area contributed by atoms with Crippen molar-refractivity contribution in [3.05, 3.63) is 29.5 Å². The molecule has 3 rings (SSSR count). The van der Waals surface area contributed by atoms with Gasteiger partial charge in [0.1, 0.15) is 0 Å². The third kappa shape index (κ3) is 4.69. The molecule has 298 valence electrons. The van der Waals surface area contributed by atoms with Crippen molar-refractivity contribution in [3.8, 4) is 0 Å². The van der Waals surface area contributed by atoms with Gasteiger partial charge in [-0.15, -0.1) is 0 Å². The molecule has 2 atom stereocenters. The van der Waals surface area contributed by atoms with E-state index in [9.17, 15) is 5.11 Å². The van der Waals surface area contributed by atoms with Gasteiger partial charge in [0.05, 0.1) is 22.8 Å². The van der Waals surface area contributed by atoms with Crippen molar-refractivity contribution in [2.45, 2.75) is 195 Å². The molecule has 2 N–H and O–H groups in total. The van der Waals surface area contributed by atoms with E-state index in [2.05, 4.69) is 175 Å². The van der Waals surface area contributed by atoms with Crippen LogP contribution in [-0.2, 0) is 5.41 Å². The van der Waals surface area contributed by atoms with Crippen LogP contribution in [0.3, 0.4) is 0 Å². The third-order valence-corrected chi connectivity index (χ3v) is 13.9. The molecule has 1 fully saturated rings. The molecule has 0 bridgehead atoms. The van der Waals surface area contributed by atoms with Crippen LogP contribution in [0.15, 0.2) is 18.3 Å². The molecule has 2 unspecified atom stereocenters. The minimum Gasteiger partial charge on any atom is -0.465 e. The Kier molecular flexibility index (Phi) is 9.77. The summed E-state index contributed by atoms with van der Waals surface area (Å²) in [4.78, 5) is 17.1. The standard InChI is InChI=1S/C46H80FN3O2/c1-29-26-30-28-48-49-32(30)27-31(29)42(34(2,3)4)43(35(5,6)7,36(8,9)10)45(38(14,15)16,39(17,18)19)50(33(51)52)46(40(20,21)22,41(23,24)25)44(42,47)37(11,12)13/h26-28H,1-25H3,(H,48,49)(H,51,52). The molecule has 1 aliphatic heterocycles. The van der Waals surface area contributed by atoms with Crippen molar-refractivity contribution in [3.63, 3.8) is 0 Å². The average molecular weight is 726 g/mol.